The largest absolute Gasteiger partial charge is 0.326 e. The summed E-state index contributed by atoms with van der Waals surface area (Å²) in [6.45, 7) is 2.83. The molecule has 1 aliphatic rings. The number of sulfonamides is 1. The van der Waals surface area contributed by atoms with Crippen molar-refractivity contribution in [2.75, 3.05) is 11.9 Å². The first kappa shape index (κ1) is 21.5. The van der Waals surface area contributed by atoms with Gasteiger partial charge in [-0.3, -0.25) is 9.69 Å². The fraction of sp³-hybridized carbons (Fsp3) is 0.292. The van der Waals surface area contributed by atoms with Gasteiger partial charge >= 0.3 is 0 Å². The number of carbonyl (C=O) groups excluding carboxylic acids is 1. The van der Waals surface area contributed by atoms with E-state index in [1.54, 1.807) is 12.1 Å². The van der Waals surface area contributed by atoms with Crippen LogP contribution in [0.3, 0.4) is 0 Å². The van der Waals surface area contributed by atoms with Crippen LogP contribution in [-0.2, 0) is 14.8 Å². The van der Waals surface area contributed by atoms with Crippen molar-refractivity contribution in [3.63, 3.8) is 0 Å². The van der Waals surface area contributed by atoms with Gasteiger partial charge in [0.1, 0.15) is 0 Å². The molecule has 3 N–H and O–H groups in total. The molecule has 3 aromatic rings. The summed E-state index contributed by atoms with van der Waals surface area (Å²) >= 11 is 0. The van der Waals surface area contributed by atoms with Gasteiger partial charge in [0.25, 0.3) is 0 Å². The summed E-state index contributed by atoms with van der Waals surface area (Å²) in [4.78, 5) is 14.9. The molecule has 0 radical (unpaired) electrons. The van der Waals surface area contributed by atoms with Crippen LogP contribution in [-0.4, -0.2) is 31.8 Å². The third kappa shape index (κ3) is 5.31. The molecule has 0 aliphatic heterocycles. The Morgan fingerprint density at radius 3 is 2.52 bits per heavy atom. The quantitative estimate of drug-likeness (QED) is 0.556. The molecule has 4 rings (SSSR count). The molecule has 1 amide bonds. The fourth-order valence-electron chi connectivity index (χ4n) is 3.96. The molecule has 0 heterocycles. The zero-order chi connectivity index (χ0) is 22.0. The Morgan fingerprint density at radius 1 is 1.06 bits per heavy atom. The van der Waals surface area contributed by atoms with Crippen molar-refractivity contribution in [3.05, 3.63) is 72.3 Å². The van der Waals surface area contributed by atoms with Crippen LogP contribution in [0.2, 0.25) is 0 Å². The number of amides is 1. The van der Waals surface area contributed by atoms with Crippen molar-refractivity contribution >= 4 is 32.4 Å². The van der Waals surface area contributed by atoms with Gasteiger partial charge in [0.05, 0.1) is 4.90 Å². The van der Waals surface area contributed by atoms with Gasteiger partial charge in [0.2, 0.25) is 15.9 Å². The maximum atomic E-state index is 12.5. The lowest BCUT2D eigenvalue weighted by atomic mass is 10.0. The van der Waals surface area contributed by atoms with Gasteiger partial charge in [0.15, 0.2) is 0 Å². The predicted molar refractivity (Wildman–Crippen MR) is 123 cm³/mol. The molecule has 1 aliphatic carbocycles. The Bertz CT molecular complexity index is 1210. The SMILES string of the molecule is CC(c1ccc2ccccc2c1)N(CCC(=O)Nc1cccc(S(N)(=O)=O)c1)C1CC1. The lowest BCUT2D eigenvalue weighted by Gasteiger charge is -2.29. The normalized spacial score (nSPS) is 15.2. The minimum absolute atomic E-state index is 0.0187. The number of hydrogen-bond acceptors (Lipinski definition) is 4. The Hall–Kier alpha value is -2.74. The monoisotopic (exact) mass is 437 g/mol. The summed E-state index contributed by atoms with van der Waals surface area (Å²) in [5.74, 6) is -0.150. The van der Waals surface area contributed by atoms with E-state index in [9.17, 15) is 13.2 Å². The third-order valence-electron chi connectivity index (χ3n) is 5.81. The molecule has 0 aromatic heterocycles. The number of nitrogens with zero attached hydrogens (tertiary/aromatic N) is 1. The van der Waals surface area contributed by atoms with Gasteiger partial charge < -0.3 is 5.32 Å². The first-order valence-corrected chi connectivity index (χ1v) is 12.0. The van der Waals surface area contributed by atoms with Crippen LogP contribution in [0.1, 0.15) is 37.8 Å². The Kier molecular flexibility index (Phi) is 6.09. The maximum absolute atomic E-state index is 12.5. The molecule has 1 atom stereocenters. The second-order valence-electron chi connectivity index (χ2n) is 8.12. The summed E-state index contributed by atoms with van der Waals surface area (Å²) in [7, 11) is -3.81. The van der Waals surface area contributed by atoms with E-state index in [2.05, 4.69) is 47.5 Å². The van der Waals surface area contributed by atoms with Crippen LogP contribution in [0.15, 0.2) is 71.6 Å². The number of primary sulfonamides is 1. The van der Waals surface area contributed by atoms with E-state index in [-0.39, 0.29) is 16.8 Å². The van der Waals surface area contributed by atoms with Gasteiger partial charge in [-0.1, -0.05) is 42.5 Å². The standard InChI is InChI=1S/C24H27N3O3S/c1-17(19-10-9-18-5-2-3-6-20(18)15-19)27(22-11-12-22)14-13-24(28)26-21-7-4-8-23(16-21)31(25,29)30/h2-10,15-17,22H,11-14H2,1H3,(H,26,28)(H2,25,29,30). The summed E-state index contributed by atoms with van der Waals surface area (Å²) in [5.41, 5.74) is 1.67. The number of fused-ring (bicyclic) bond motifs is 1. The average molecular weight is 438 g/mol. The Balaban J connectivity index is 1.42. The number of rotatable bonds is 8. The van der Waals surface area contributed by atoms with E-state index in [1.807, 2.05) is 12.1 Å². The maximum Gasteiger partial charge on any atom is 0.238 e. The first-order valence-electron chi connectivity index (χ1n) is 10.5. The molecule has 6 nitrogen and oxygen atoms in total. The second-order valence-corrected chi connectivity index (χ2v) is 9.68. The topological polar surface area (TPSA) is 92.5 Å². The van der Waals surface area contributed by atoms with Gasteiger partial charge in [-0.15, -0.1) is 0 Å². The van der Waals surface area contributed by atoms with Gasteiger partial charge in [-0.2, -0.15) is 0 Å². The molecule has 3 aromatic carbocycles. The highest BCUT2D eigenvalue weighted by atomic mass is 32.2. The molecule has 1 fully saturated rings. The third-order valence-corrected chi connectivity index (χ3v) is 6.72. The smallest absolute Gasteiger partial charge is 0.238 e. The highest BCUT2D eigenvalue weighted by Crippen LogP contribution is 2.35. The molecule has 162 valence electrons. The van der Waals surface area contributed by atoms with Crippen molar-refractivity contribution in [2.45, 2.75) is 43.2 Å². The number of benzene rings is 3. The van der Waals surface area contributed by atoms with E-state index in [1.165, 1.54) is 28.5 Å². The predicted octanol–water partition coefficient (Wildman–Crippen LogP) is 4.04. The molecular weight excluding hydrogens is 410 g/mol. The zero-order valence-corrected chi connectivity index (χ0v) is 18.3. The minimum Gasteiger partial charge on any atom is -0.326 e. The number of hydrogen-bond donors (Lipinski definition) is 2. The minimum atomic E-state index is -3.81. The van der Waals surface area contributed by atoms with Crippen LogP contribution in [0.25, 0.3) is 10.8 Å². The summed E-state index contributed by atoms with van der Waals surface area (Å²) in [5, 5.41) is 10.4. The van der Waals surface area contributed by atoms with Crippen molar-refractivity contribution in [1.29, 1.82) is 0 Å². The van der Waals surface area contributed by atoms with Crippen molar-refractivity contribution in [2.24, 2.45) is 5.14 Å². The molecular formula is C24H27N3O3S. The van der Waals surface area contributed by atoms with Gasteiger partial charge in [-0.25, -0.2) is 13.6 Å². The van der Waals surface area contributed by atoms with Crippen LogP contribution < -0.4 is 10.5 Å². The molecule has 7 heteroatoms. The van der Waals surface area contributed by atoms with Crippen LogP contribution in [0.4, 0.5) is 5.69 Å². The molecule has 0 bridgehead atoms. The average Bonchev–Trinajstić information content (AvgIpc) is 3.58. The number of carbonyl (C=O) groups is 1. The highest BCUT2D eigenvalue weighted by molar-refractivity contribution is 7.89. The number of nitrogens with one attached hydrogen (secondary N) is 1. The molecule has 0 saturated heterocycles. The summed E-state index contributed by atoms with van der Waals surface area (Å²) < 4.78 is 23.0. The van der Waals surface area contributed by atoms with E-state index in [4.69, 9.17) is 5.14 Å². The number of anilines is 1. The fourth-order valence-corrected chi connectivity index (χ4v) is 4.52. The van der Waals surface area contributed by atoms with Crippen molar-refractivity contribution in [3.8, 4) is 0 Å². The summed E-state index contributed by atoms with van der Waals surface area (Å²) in [6, 6.07) is 21.6. The van der Waals surface area contributed by atoms with Gasteiger partial charge in [-0.05, 0) is 60.4 Å². The lowest BCUT2D eigenvalue weighted by Crippen LogP contribution is -2.32. The summed E-state index contributed by atoms with van der Waals surface area (Å²) in [6.07, 6.45) is 2.62. The van der Waals surface area contributed by atoms with E-state index >= 15 is 0 Å². The van der Waals surface area contributed by atoms with Crippen LogP contribution >= 0.6 is 0 Å². The number of nitrogens with two attached hydrogens (primary N) is 1. The van der Waals surface area contributed by atoms with Crippen molar-refractivity contribution < 1.29 is 13.2 Å². The van der Waals surface area contributed by atoms with Gasteiger partial charge in [0, 0.05) is 30.7 Å². The van der Waals surface area contributed by atoms with Crippen LogP contribution in [0, 0.1) is 0 Å². The molecule has 1 saturated carbocycles. The molecule has 1 unspecified atom stereocenters. The first-order chi connectivity index (χ1) is 14.8. The molecule has 31 heavy (non-hydrogen) atoms. The van der Waals surface area contributed by atoms with Crippen molar-refractivity contribution in [1.82, 2.24) is 4.90 Å². The zero-order valence-electron chi connectivity index (χ0n) is 17.5. The second kappa shape index (κ2) is 8.78. The van der Waals surface area contributed by atoms with Crippen LogP contribution in [0.5, 0.6) is 0 Å². The Morgan fingerprint density at radius 2 is 1.81 bits per heavy atom. The molecule has 0 spiro atoms. The van der Waals surface area contributed by atoms with E-state index in [0.29, 0.717) is 24.7 Å². The van der Waals surface area contributed by atoms with E-state index < -0.39 is 10.0 Å². The lowest BCUT2D eigenvalue weighted by molar-refractivity contribution is -0.116. The van der Waals surface area contributed by atoms with E-state index in [0.717, 1.165) is 12.8 Å². The Labute approximate surface area is 183 Å². The highest BCUT2D eigenvalue weighted by Gasteiger charge is 2.32.